The van der Waals surface area contributed by atoms with Gasteiger partial charge in [0.2, 0.25) is 11.2 Å². The molecule has 2 aromatic carbocycles. The van der Waals surface area contributed by atoms with Gasteiger partial charge in [-0.3, -0.25) is 4.79 Å². The van der Waals surface area contributed by atoms with Gasteiger partial charge in [-0.15, -0.1) is 0 Å². The topological polar surface area (TPSA) is 71.0 Å². The molecule has 4 aromatic rings. The number of benzene rings is 2. The molecule has 2 heterocycles. The summed E-state index contributed by atoms with van der Waals surface area (Å²) in [4.78, 5) is 13.0. The largest absolute Gasteiger partial charge is 0.497 e. The van der Waals surface area contributed by atoms with Crippen LogP contribution >= 0.6 is 0 Å². The zero-order chi connectivity index (χ0) is 18.3. The summed E-state index contributed by atoms with van der Waals surface area (Å²) in [5.74, 6) is 1.57. The third kappa shape index (κ3) is 2.38. The summed E-state index contributed by atoms with van der Waals surface area (Å²) in [7, 11) is 4.55. The zero-order valence-electron chi connectivity index (χ0n) is 14.5. The van der Waals surface area contributed by atoms with Gasteiger partial charge < -0.3 is 23.0 Å². The molecule has 0 radical (unpaired) electrons. The minimum Gasteiger partial charge on any atom is -0.497 e. The van der Waals surface area contributed by atoms with Crippen molar-refractivity contribution in [1.29, 1.82) is 0 Å². The van der Waals surface area contributed by atoms with E-state index in [1.54, 1.807) is 56.9 Å². The van der Waals surface area contributed by atoms with Crippen LogP contribution in [0.2, 0.25) is 0 Å². The van der Waals surface area contributed by atoms with E-state index in [0.717, 1.165) is 5.39 Å². The third-order valence-corrected chi connectivity index (χ3v) is 4.26. The van der Waals surface area contributed by atoms with Crippen molar-refractivity contribution in [1.82, 2.24) is 0 Å². The predicted molar refractivity (Wildman–Crippen MR) is 97.3 cm³/mol. The Balaban J connectivity index is 2.10. The Morgan fingerprint density at radius 3 is 2.23 bits per heavy atom. The fourth-order valence-corrected chi connectivity index (χ4v) is 2.99. The molecule has 4 rings (SSSR count). The highest BCUT2D eigenvalue weighted by Crippen LogP contribution is 2.37. The third-order valence-electron chi connectivity index (χ3n) is 4.26. The van der Waals surface area contributed by atoms with Crippen LogP contribution in [0.1, 0.15) is 0 Å². The van der Waals surface area contributed by atoms with Crippen LogP contribution in [0.15, 0.2) is 56.3 Å². The maximum atomic E-state index is 13.0. The van der Waals surface area contributed by atoms with Crippen molar-refractivity contribution in [3.63, 3.8) is 0 Å². The van der Waals surface area contributed by atoms with Crippen LogP contribution < -0.4 is 19.6 Å². The fraction of sp³-hybridized carbons (Fsp3) is 0.150. The molecule has 0 spiro atoms. The van der Waals surface area contributed by atoms with Gasteiger partial charge in [-0.1, -0.05) is 0 Å². The monoisotopic (exact) mass is 352 g/mol. The van der Waals surface area contributed by atoms with Crippen molar-refractivity contribution in [2.45, 2.75) is 0 Å². The number of methoxy groups -OCH3 is 3. The molecule has 0 aliphatic rings. The van der Waals surface area contributed by atoms with E-state index in [9.17, 15) is 4.79 Å². The second kappa shape index (κ2) is 6.15. The van der Waals surface area contributed by atoms with Crippen LogP contribution in [0.3, 0.4) is 0 Å². The SMILES string of the molecule is COc1cc(OC)cc(-c2oc3c(ccc4occc43)c(=O)c2OC)c1. The first-order valence-corrected chi connectivity index (χ1v) is 7.90. The van der Waals surface area contributed by atoms with Crippen molar-refractivity contribution < 1.29 is 23.0 Å². The molecule has 0 saturated carbocycles. The molecule has 6 heteroatoms. The summed E-state index contributed by atoms with van der Waals surface area (Å²) in [5.41, 5.74) is 1.44. The van der Waals surface area contributed by atoms with E-state index in [1.165, 1.54) is 7.11 Å². The lowest BCUT2D eigenvalue weighted by molar-refractivity contribution is 0.392. The number of fused-ring (bicyclic) bond motifs is 3. The van der Waals surface area contributed by atoms with Gasteiger partial charge in [0.05, 0.1) is 38.4 Å². The average Bonchev–Trinajstić information content (AvgIpc) is 3.16. The summed E-state index contributed by atoms with van der Waals surface area (Å²) in [6, 6.07) is 10.4. The minimum atomic E-state index is -0.256. The van der Waals surface area contributed by atoms with E-state index in [0.29, 0.717) is 39.4 Å². The Bertz CT molecular complexity index is 1150. The summed E-state index contributed by atoms with van der Waals surface area (Å²) in [5, 5.41) is 1.15. The van der Waals surface area contributed by atoms with E-state index < -0.39 is 0 Å². The molecule has 0 amide bonds. The van der Waals surface area contributed by atoms with E-state index in [-0.39, 0.29) is 11.2 Å². The van der Waals surface area contributed by atoms with Gasteiger partial charge in [0.25, 0.3) is 0 Å². The highest BCUT2D eigenvalue weighted by atomic mass is 16.5. The number of furan rings is 1. The molecule has 0 aliphatic carbocycles. The second-order valence-electron chi connectivity index (χ2n) is 5.67. The zero-order valence-corrected chi connectivity index (χ0v) is 14.5. The quantitative estimate of drug-likeness (QED) is 0.547. The van der Waals surface area contributed by atoms with E-state index in [1.807, 2.05) is 0 Å². The van der Waals surface area contributed by atoms with Gasteiger partial charge in [-0.2, -0.15) is 0 Å². The Morgan fingerprint density at radius 1 is 0.846 bits per heavy atom. The average molecular weight is 352 g/mol. The van der Waals surface area contributed by atoms with Gasteiger partial charge in [-0.05, 0) is 30.3 Å². The lowest BCUT2D eigenvalue weighted by atomic mass is 10.1. The highest BCUT2D eigenvalue weighted by Gasteiger charge is 2.20. The number of hydrogen-bond donors (Lipinski definition) is 0. The molecule has 0 saturated heterocycles. The van der Waals surface area contributed by atoms with Crippen molar-refractivity contribution in [2.75, 3.05) is 21.3 Å². The highest BCUT2D eigenvalue weighted by molar-refractivity contribution is 6.02. The van der Waals surface area contributed by atoms with Crippen LogP contribution in [0.4, 0.5) is 0 Å². The molecule has 0 fully saturated rings. The van der Waals surface area contributed by atoms with Gasteiger partial charge in [-0.25, -0.2) is 0 Å². The molecule has 26 heavy (non-hydrogen) atoms. The summed E-state index contributed by atoms with van der Waals surface area (Å²) >= 11 is 0. The fourth-order valence-electron chi connectivity index (χ4n) is 2.99. The Kier molecular flexibility index (Phi) is 3.80. The number of rotatable bonds is 4. The van der Waals surface area contributed by atoms with Crippen molar-refractivity contribution in [3.05, 3.63) is 52.9 Å². The maximum absolute atomic E-state index is 13.0. The molecule has 0 unspecified atom stereocenters. The molecule has 0 aliphatic heterocycles. The molecular formula is C20H16O6. The van der Waals surface area contributed by atoms with Crippen LogP contribution in [-0.4, -0.2) is 21.3 Å². The summed E-state index contributed by atoms with van der Waals surface area (Å²) in [6.45, 7) is 0. The first kappa shape index (κ1) is 16.1. The molecule has 6 nitrogen and oxygen atoms in total. The molecular weight excluding hydrogens is 336 g/mol. The van der Waals surface area contributed by atoms with Crippen LogP contribution in [0.25, 0.3) is 33.3 Å². The van der Waals surface area contributed by atoms with E-state index in [2.05, 4.69) is 0 Å². The van der Waals surface area contributed by atoms with Crippen molar-refractivity contribution in [3.8, 4) is 28.6 Å². The van der Waals surface area contributed by atoms with Crippen molar-refractivity contribution in [2.24, 2.45) is 0 Å². The molecule has 0 atom stereocenters. The molecule has 2 aromatic heterocycles. The first-order valence-electron chi connectivity index (χ1n) is 7.90. The number of hydrogen-bond acceptors (Lipinski definition) is 6. The Morgan fingerprint density at radius 2 is 1.58 bits per heavy atom. The lowest BCUT2D eigenvalue weighted by Gasteiger charge is -2.12. The normalized spacial score (nSPS) is 11.0. The van der Waals surface area contributed by atoms with Crippen LogP contribution in [0, 0.1) is 0 Å². The lowest BCUT2D eigenvalue weighted by Crippen LogP contribution is -2.07. The predicted octanol–water partition coefficient (Wildman–Crippen LogP) is 4.23. The Labute approximate surface area is 148 Å². The van der Waals surface area contributed by atoms with E-state index in [4.69, 9.17) is 23.0 Å². The standard InChI is InChI=1S/C20H16O6/c1-22-12-8-11(9-13(10-12)23-2)18-20(24-3)17(21)15-4-5-16-14(6-7-25-16)19(15)26-18/h4-10H,1-3H3. The first-order chi connectivity index (χ1) is 12.7. The smallest absolute Gasteiger partial charge is 0.235 e. The second-order valence-corrected chi connectivity index (χ2v) is 5.67. The van der Waals surface area contributed by atoms with Gasteiger partial charge >= 0.3 is 0 Å². The van der Waals surface area contributed by atoms with E-state index >= 15 is 0 Å². The van der Waals surface area contributed by atoms with Crippen LogP contribution in [-0.2, 0) is 0 Å². The van der Waals surface area contributed by atoms with Gasteiger partial charge in [0.15, 0.2) is 5.76 Å². The van der Waals surface area contributed by atoms with Crippen molar-refractivity contribution >= 4 is 21.9 Å². The minimum absolute atomic E-state index is 0.121. The summed E-state index contributed by atoms with van der Waals surface area (Å²) in [6.07, 6.45) is 1.56. The van der Waals surface area contributed by atoms with Gasteiger partial charge in [0, 0.05) is 11.6 Å². The number of ether oxygens (including phenoxy) is 3. The molecule has 0 N–H and O–H groups in total. The molecule has 0 bridgehead atoms. The Hall–Kier alpha value is -3.41. The summed E-state index contributed by atoms with van der Waals surface area (Å²) < 4.78 is 27.5. The van der Waals surface area contributed by atoms with Crippen LogP contribution in [0.5, 0.6) is 17.2 Å². The van der Waals surface area contributed by atoms with Gasteiger partial charge in [0.1, 0.15) is 22.7 Å². The molecule has 132 valence electrons. The maximum Gasteiger partial charge on any atom is 0.235 e.